The van der Waals surface area contributed by atoms with E-state index in [1.54, 1.807) is 44.2 Å². The number of rotatable bonds is 18. The van der Waals surface area contributed by atoms with Crippen LogP contribution < -0.4 is 26.6 Å². The molecule has 54 heavy (non-hydrogen) atoms. The van der Waals surface area contributed by atoms with Crippen LogP contribution in [0.15, 0.2) is 54.6 Å². The van der Waals surface area contributed by atoms with E-state index in [4.69, 9.17) is 9.47 Å². The Bertz CT molecular complexity index is 1600. The van der Waals surface area contributed by atoms with Crippen LogP contribution in [0.25, 0.3) is 0 Å². The van der Waals surface area contributed by atoms with Crippen LogP contribution in [-0.4, -0.2) is 136 Å². The van der Waals surface area contributed by atoms with E-state index in [1.165, 1.54) is 19.1 Å². The number of ether oxygens (including phenoxy) is 2. The van der Waals surface area contributed by atoms with Crippen molar-refractivity contribution in [2.24, 2.45) is 5.92 Å². The summed E-state index contributed by atoms with van der Waals surface area (Å²) in [7, 11) is 0. The third kappa shape index (κ3) is 12.5. The highest BCUT2D eigenvalue weighted by molar-refractivity contribution is 5.98. The highest BCUT2D eigenvalue weighted by Crippen LogP contribution is 2.22. The van der Waals surface area contributed by atoms with Crippen LogP contribution in [0.2, 0.25) is 0 Å². The molecule has 0 spiro atoms. The Kier molecular flexibility index (Phi) is 16.4. The second kappa shape index (κ2) is 20.4. The number of carboxylic acids is 1. The molecule has 0 radical (unpaired) electrons. The smallest absolute Gasteiger partial charge is 0.326 e. The molecule has 296 valence electrons. The van der Waals surface area contributed by atoms with Crippen molar-refractivity contribution in [2.75, 3.05) is 19.8 Å². The zero-order valence-electron chi connectivity index (χ0n) is 29.7. The summed E-state index contributed by atoms with van der Waals surface area (Å²) in [5.41, 5.74) is 0.699. The summed E-state index contributed by atoms with van der Waals surface area (Å²) in [4.78, 5) is 77.0. The predicted octanol–water partition coefficient (Wildman–Crippen LogP) is -2.69. The minimum absolute atomic E-state index is 0.0629. The van der Waals surface area contributed by atoms with Gasteiger partial charge in [-0.3, -0.25) is 24.0 Å². The monoisotopic (exact) mass is 763 g/mol. The third-order valence-corrected chi connectivity index (χ3v) is 8.34. The number of carboxylic acid groups (broad SMARTS) is 1. The van der Waals surface area contributed by atoms with E-state index < -0.39 is 122 Å². The standard InChI is InChI=1S/C35H46FN5O13/c1-17(2)26(33(50)40-22(34(51)52)13-19-7-5-4-6-8-19)41-32(49)23(16-53-35-29(46)28(45)27(44)24(15-42)54-35)39-25(43)14-37-30(47)18(3)38-31(48)20-9-11-21(36)12-10-20/h4-12,17-18,22-24,26-29,35,42,44-46H,13-16H2,1-3H3,(H,37,47)(H,38,48)(H,39,43)(H,40,50)(H,41,49)(H,51,52)/t18-,22-,23-,24+,26-,27-,28-,29+,35+/m0/s1. The quantitative estimate of drug-likeness (QED) is 0.0742. The molecule has 9 atom stereocenters. The maximum Gasteiger partial charge on any atom is 0.326 e. The Balaban J connectivity index is 1.72. The first kappa shape index (κ1) is 43.4. The van der Waals surface area contributed by atoms with Crippen molar-refractivity contribution in [3.05, 3.63) is 71.5 Å². The molecule has 2 aromatic carbocycles. The molecule has 2 aromatic rings. The number of benzene rings is 2. The van der Waals surface area contributed by atoms with Crippen LogP contribution in [0, 0.1) is 11.7 Å². The zero-order valence-corrected chi connectivity index (χ0v) is 29.7. The number of aliphatic hydroxyl groups is 4. The lowest BCUT2D eigenvalue weighted by atomic mass is 9.99. The number of nitrogens with one attached hydrogen (secondary N) is 5. The molecule has 10 N–H and O–H groups in total. The molecule has 0 unspecified atom stereocenters. The van der Waals surface area contributed by atoms with Gasteiger partial charge in [-0.15, -0.1) is 0 Å². The van der Waals surface area contributed by atoms with E-state index in [0.29, 0.717) is 5.56 Å². The number of aliphatic carboxylic acids is 1. The van der Waals surface area contributed by atoms with Gasteiger partial charge in [-0.2, -0.15) is 0 Å². The maximum atomic E-state index is 13.6. The van der Waals surface area contributed by atoms with Gasteiger partial charge in [-0.05, 0) is 42.7 Å². The van der Waals surface area contributed by atoms with Crippen LogP contribution in [0.4, 0.5) is 4.39 Å². The molecular formula is C35H46FN5O13. The fourth-order valence-corrected chi connectivity index (χ4v) is 5.19. The Labute approximate surface area is 309 Å². The molecule has 18 nitrogen and oxygen atoms in total. The van der Waals surface area contributed by atoms with E-state index in [9.17, 15) is 58.7 Å². The minimum atomic E-state index is -1.86. The maximum absolute atomic E-state index is 13.6. The first-order valence-corrected chi connectivity index (χ1v) is 16.9. The predicted molar refractivity (Wildman–Crippen MR) is 184 cm³/mol. The van der Waals surface area contributed by atoms with Gasteiger partial charge in [0.2, 0.25) is 23.6 Å². The van der Waals surface area contributed by atoms with Gasteiger partial charge in [0.05, 0.1) is 19.8 Å². The van der Waals surface area contributed by atoms with E-state index in [-0.39, 0.29) is 12.0 Å². The first-order chi connectivity index (χ1) is 25.5. The van der Waals surface area contributed by atoms with E-state index >= 15 is 0 Å². The Morgan fingerprint density at radius 3 is 2.04 bits per heavy atom. The normalized spacial score (nSPS) is 21.8. The van der Waals surface area contributed by atoms with Gasteiger partial charge in [0.1, 0.15) is 54.4 Å². The van der Waals surface area contributed by atoms with Gasteiger partial charge >= 0.3 is 5.97 Å². The lowest BCUT2D eigenvalue weighted by Crippen LogP contribution is -2.61. The van der Waals surface area contributed by atoms with Crippen molar-refractivity contribution >= 4 is 35.5 Å². The van der Waals surface area contributed by atoms with E-state index in [0.717, 1.165) is 12.1 Å². The van der Waals surface area contributed by atoms with Crippen molar-refractivity contribution in [1.82, 2.24) is 26.6 Å². The number of hydrogen-bond donors (Lipinski definition) is 10. The fraction of sp³-hybridized carbons (Fsp3) is 0.486. The Hall–Kier alpha value is -5.05. The van der Waals surface area contributed by atoms with Gasteiger partial charge in [0.25, 0.3) is 5.91 Å². The van der Waals surface area contributed by atoms with Gasteiger partial charge in [0.15, 0.2) is 6.29 Å². The fourth-order valence-electron chi connectivity index (χ4n) is 5.19. The molecule has 5 amide bonds. The Morgan fingerprint density at radius 1 is 0.796 bits per heavy atom. The van der Waals surface area contributed by atoms with Gasteiger partial charge < -0.3 is 61.6 Å². The number of halogens is 1. The SMILES string of the molecule is CC(C)[C@H](NC(=O)[C@H](CO[C@@H]1O[C@H](CO)[C@H](O)[C@H](O)[C@H]1O)NC(=O)CNC(=O)[C@H](C)NC(=O)c1ccc(F)cc1)C(=O)N[C@@H](Cc1ccccc1)C(=O)O. The summed E-state index contributed by atoms with van der Waals surface area (Å²) < 4.78 is 24.0. The summed E-state index contributed by atoms with van der Waals surface area (Å²) >= 11 is 0. The van der Waals surface area contributed by atoms with Crippen molar-refractivity contribution in [2.45, 2.75) is 82.1 Å². The van der Waals surface area contributed by atoms with Gasteiger partial charge in [-0.25, -0.2) is 9.18 Å². The number of aliphatic hydroxyl groups excluding tert-OH is 4. The molecule has 1 aliphatic rings. The topological polar surface area (TPSA) is 282 Å². The summed E-state index contributed by atoms with van der Waals surface area (Å²) in [6.07, 6.45) is -8.53. The van der Waals surface area contributed by atoms with Crippen LogP contribution in [-0.2, 0) is 39.9 Å². The Morgan fingerprint density at radius 2 is 1.44 bits per heavy atom. The van der Waals surface area contributed by atoms with Crippen molar-refractivity contribution < 1.29 is 68.2 Å². The number of carbonyl (C=O) groups excluding carboxylic acids is 5. The molecule has 1 saturated heterocycles. The molecule has 19 heteroatoms. The number of hydrogen-bond acceptors (Lipinski definition) is 12. The molecule has 1 heterocycles. The lowest BCUT2D eigenvalue weighted by Gasteiger charge is -2.40. The van der Waals surface area contributed by atoms with Crippen LogP contribution in [0.3, 0.4) is 0 Å². The molecule has 0 bridgehead atoms. The number of amides is 5. The molecule has 1 fully saturated rings. The van der Waals surface area contributed by atoms with Crippen molar-refractivity contribution in [3.8, 4) is 0 Å². The molecule has 0 aromatic heterocycles. The van der Waals surface area contributed by atoms with Crippen molar-refractivity contribution in [3.63, 3.8) is 0 Å². The summed E-state index contributed by atoms with van der Waals surface area (Å²) in [5.74, 6) is -6.85. The molecule has 0 aliphatic carbocycles. The molecule has 1 aliphatic heterocycles. The summed E-state index contributed by atoms with van der Waals surface area (Å²) in [6.45, 7) is 2.18. The largest absolute Gasteiger partial charge is 0.480 e. The van der Waals surface area contributed by atoms with Crippen LogP contribution in [0.1, 0.15) is 36.7 Å². The molecular weight excluding hydrogens is 717 g/mol. The molecule has 3 rings (SSSR count). The van der Waals surface area contributed by atoms with E-state index in [1.807, 2.05) is 0 Å². The van der Waals surface area contributed by atoms with Crippen LogP contribution in [0.5, 0.6) is 0 Å². The van der Waals surface area contributed by atoms with Gasteiger partial charge in [-0.1, -0.05) is 44.2 Å². The van der Waals surface area contributed by atoms with Crippen molar-refractivity contribution in [1.29, 1.82) is 0 Å². The lowest BCUT2D eigenvalue weighted by molar-refractivity contribution is -0.301. The number of carbonyl (C=O) groups is 6. The minimum Gasteiger partial charge on any atom is -0.480 e. The highest BCUT2D eigenvalue weighted by atomic mass is 19.1. The summed E-state index contributed by atoms with van der Waals surface area (Å²) in [6, 6.07) is 7.51. The average molecular weight is 764 g/mol. The van der Waals surface area contributed by atoms with Gasteiger partial charge in [0, 0.05) is 12.0 Å². The first-order valence-electron chi connectivity index (χ1n) is 16.9. The van der Waals surface area contributed by atoms with Crippen LogP contribution >= 0.6 is 0 Å². The highest BCUT2D eigenvalue weighted by Gasteiger charge is 2.44. The molecule has 0 saturated carbocycles. The van der Waals surface area contributed by atoms with E-state index in [2.05, 4.69) is 26.6 Å². The second-order valence-corrected chi connectivity index (χ2v) is 12.9. The zero-order chi connectivity index (χ0) is 40.1. The third-order valence-electron chi connectivity index (χ3n) is 8.34. The summed E-state index contributed by atoms with van der Waals surface area (Å²) in [5, 5.41) is 61.8. The second-order valence-electron chi connectivity index (χ2n) is 12.9. The average Bonchev–Trinajstić information content (AvgIpc) is 3.14.